The highest BCUT2D eigenvalue weighted by Gasteiger charge is 2.03. The van der Waals surface area contributed by atoms with Crippen molar-refractivity contribution in [3.8, 4) is 17.6 Å². The Balaban J connectivity index is 1.91. The molecule has 0 bridgehead atoms. The maximum atomic E-state index is 13.3. The van der Waals surface area contributed by atoms with Crippen LogP contribution in [0.5, 0.6) is 5.75 Å². The molecular formula is C17H14FNO2. The van der Waals surface area contributed by atoms with E-state index in [1.54, 1.807) is 49.6 Å². The number of nitrogens with one attached hydrogen (secondary N) is 1. The van der Waals surface area contributed by atoms with E-state index in [2.05, 4.69) is 17.2 Å². The summed E-state index contributed by atoms with van der Waals surface area (Å²) >= 11 is 0. The van der Waals surface area contributed by atoms with Crippen LogP contribution in [0.3, 0.4) is 0 Å². The van der Waals surface area contributed by atoms with Gasteiger partial charge in [-0.25, -0.2) is 4.39 Å². The van der Waals surface area contributed by atoms with Gasteiger partial charge < -0.3 is 10.1 Å². The van der Waals surface area contributed by atoms with Crippen LogP contribution in [0.2, 0.25) is 0 Å². The third-order valence-corrected chi connectivity index (χ3v) is 2.79. The van der Waals surface area contributed by atoms with Crippen molar-refractivity contribution in [3.05, 3.63) is 65.5 Å². The molecule has 1 amide bonds. The van der Waals surface area contributed by atoms with E-state index in [-0.39, 0.29) is 18.3 Å². The number of benzene rings is 2. The van der Waals surface area contributed by atoms with Crippen molar-refractivity contribution in [2.75, 3.05) is 13.7 Å². The van der Waals surface area contributed by atoms with Crippen LogP contribution < -0.4 is 10.1 Å². The summed E-state index contributed by atoms with van der Waals surface area (Å²) in [5, 5.41) is 2.65. The number of ether oxygens (including phenoxy) is 1. The minimum atomic E-state index is -0.369. The normalized spacial score (nSPS) is 9.43. The van der Waals surface area contributed by atoms with Gasteiger partial charge in [0.05, 0.1) is 19.2 Å². The first-order valence-corrected chi connectivity index (χ1v) is 6.36. The Morgan fingerprint density at radius 1 is 1.19 bits per heavy atom. The van der Waals surface area contributed by atoms with Crippen LogP contribution in [0.4, 0.5) is 4.39 Å². The van der Waals surface area contributed by atoms with E-state index in [0.717, 1.165) is 0 Å². The first-order chi connectivity index (χ1) is 10.2. The molecule has 3 nitrogen and oxygen atoms in total. The highest BCUT2D eigenvalue weighted by molar-refractivity contribution is 5.94. The molecule has 0 atom stereocenters. The fourth-order valence-electron chi connectivity index (χ4n) is 1.67. The molecule has 2 rings (SSSR count). The molecule has 0 aliphatic heterocycles. The Hall–Kier alpha value is -2.80. The van der Waals surface area contributed by atoms with E-state index in [1.807, 2.05) is 0 Å². The van der Waals surface area contributed by atoms with Crippen molar-refractivity contribution >= 4 is 5.91 Å². The predicted molar refractivity (Wildman–Crippen MR) is 78.6 cm³/mol. The van der Waals surface area contributed by atoms with Crippen LogP contribution >= 0.6 is 0 Å². The van der Waals surface area contributed by atoms with E-state index < -0.39 is 0 Å². The average molecular weight is 283 g/mol. The zero-order valence-electron chi connectivity index (χ0n) is 11.5. The zero-order valence-corrected chi connectivity index (χ0v) is 11.5. The Morgan fingerprint density at radius 2 is 1.90 bits per heavy atom. The second-order valence-electron chi connectivity index (χ2n) is 4.19. The lowest BCUT2D eigenvalue weighted by Crippen LogP contribution is -2.23. The molecule has 4 heteroatoms. The maximum absolute atomic E-state index is 13.3. The molecule has 0 spiro atoms. The summed E-state index contributed by atoms with van der Waals surface area (Å²) in [5.41, 5.74) is 0.833. The van der Waals surface area contributed by atoms with Gasteiger partial charge in [-0.05, 0) is 36.4 Å². The summed E-state index contributed by atoms with van der Waals surface area (Å²) in [6.45, 7) is 0.152. The number of amides is 1. The van der Waals surface area contributed by atoms with Gasteiger partial charge in [0.1, 0.15) is 11.6 Å². The highest BCUT2D eigenvalue weighted by atomic mass is 19.1. The minimum Gasteiger partial charge on any atom is -0.497 e. The van der Waals surface area contributed by atoms with Crippen LogP contribution in [0.1, 0.15) is 15.9 Å². The Bertz CT molecular complexity index is 684. The van der Waals surface area contributed by atoms with Crippen LogP contribution in [0, 0.1) is 17.7 Å². The molecule has 0 fully saturated rings. The topological polar surface area (TPSA) is 38.3 Å². The quantitative estimate of drug-likeness (QED) is 0.879. The van der Waals surface area contributed by atoms with Crippen molar-refractivity contribution in [1.82, 2.24) is 5.32 Å². The Kier molecular flexibility index (Phi) is 4.94. The SMILES string of the molecule is COc1ccc(C(=O)NCC#Cc2ccccc2F)cc1. The molecule has 0 aromatic heterocycles. The molecular weight excluding hydrogens is 269 g/mol. The van der Waals surface area contributed by atoms with E-state index in [9.17, 15) is 9.18 Å². The van der Waals surface area contributed by atoms with Gasteiger partial charge in [0, 0.05) is 5.56 Å². The molecule has 0 heterocycles. The number of halogens is 1. The summed E-state index contributed by atoms with van der Waals surface area (Å²) in [6, 6.07) is 13.0. The third kappa shape index (κ3) is 4.08. The van der Waals surface area contributed by atoms with Gasteiger partial charge in [-0.2, -0.15) is 0 Å². The maximum Gasteiger partial charge on any atom is 0.252 e. The number of carbonyl (C=O) groups is 1. The molecule has 2 aromatic rings. The summed E-state index contributed by atoms with van der Waals surface area (Å²) in [6.07, 6.45) is 0. The first-order valence-electron chi connectivity index (χ1n) is 6.36. The fraction of sp³-hybridized carbons (Fsp3) is 0.118. The van der Waals surface area contributed by atoms with Crippen molar-refractivity contribution in [3.63, 3.8) is 0 Å². The molecule has 1 N–H and O–H groups in total. The van der Waals surface area contributed by atoms with Gasteiger partial charge in [-0.3, -0.25) is 4.79 Å². The minimum absolute atomic E-state index is 0.152. The van der Waals surface area contributed by atoms with Gasteiger partial charge in [-0.15, -0.1) is 0 Å². The van der Waals surface area contributed by atoms with Crippen LogP contribution in [-0.2, 0) is 0 Å². The van der Waals surface area contributed by atoms with E-state index in [0.29, 0.717) is 16.9 Å². The standard InChI is InChI=1S/C17H14FNO2/c1-21-15-10-8-14(9-11-15)17(20)19-12-4-6-13-5-2-3-7-16(13)18/h2-3,5,7-11H,12H2,1H3,(H,19,20). The Labute approximate surface area is 122 Å². The molecule has 2 aromatic carbocycles. The second kappa shape index (κ2) is 7.11. The molecule has 0 saturated carbocycles. The number of methoxy groups -OCH3 is 1. The zero-order chi connectivity index (χ0) is 15.1. The second-order valence-corrected chi connectivity index (χ2v) is 4.19. The van der Waals surface area contributed by atoms with Gasteiger partial charge in [0.25, 0.3) is 5.91 Å². The van der Waals surface area contributed by atoms with Crippen molar-refractivity contribution in [1.29, 1.82) is 0 Å². The van der Waals surface area contributed by atoms with Gasteiger partial charge in [0.15, 0.2) is 0 Å². The monoisotopic (exact) mass is 283 g/mol. The Morgan fingerprint density at radius 3 is 2.57 bits per heavy atom. The van der Waals surface area contributed by atoms with Crippen LogP contribution in [-0.4, -0.2) is 19.6 Å². The van der Waals surface area contributed by atoms with Crippen molar-refractivity contribution < 1.29 is 13.9 Å². The molecule has 21 heavy (non-hydrogen) atoms. The van der Waals surface area contributed by atoms with E-state index in [4.69, 9.17) is 4.74 Å². The number of carbonyl (C=O) groups excluding carboxylic acids is 1. The lowest BCUT2D eigenvalue weighted by atomic mass is 10.2. The number of hydrogen-bond donors (Lipinski definition) is 1. The smallest absolute Gasteiger partial charge is 0.252 e. The third-order valence-electron chi connectivity index (χ3n) is 2.79. The average Bonchev–Trinajstić information content (AvgIpc) is 2.53. The summed E-state index contributed by atoms with van der Waals surface area (Å²) in [5.74, 6) is 5.48. The first kappa shape index (κ1) is 14.6. The lowest BCUT2D eigenvalue weighted by Gasteiger charge is -2.03. The summed E-state index contributed by atoms with van der Waals surface area (Å²) in [7, 11) is 1.56. The van der Waals surface area contributed by atoms with Crippen molar-refractivity contribution in [2.24, 2.45) is 0 Å². The summed E-state index contributed by atoms with van der Waals surface area (Å²) < 4.78 is 18.3. The van der Waals surface area contributed by atoms with Crippen molar-refractivity contribution in [2.45, 2.75) is 0 Å². The molecule has 0 saturated heterocycles. The largest absolute Gasteiger partial charge is 0.497 e. The fourth-order valence-corrected chi connectivity index (χ4v) is 1.67. The molecule has 0 unspecified atom stereocenters. The predicted octanol–water partition coefficient (Wildman–Crippen LogP) is 2.62. The molecule has 106 valence electrons. The number of hydrogen-bond acceptors (Lipinski definition) is 2. The van der Waals surface area contributed by atoms with Crippen LogP contribution in [0.15, 0.2) is 48.5 Å². The summed E-state index contributed by atoms with van der Waals surface area (Å²) in [4.78, 5) is 11.8. The lowest BCUT2D eigenvalue weighted by molar-refractivity contribution is 0.0958. The molecule has 0 aliphatic carbocycles. The number of rotatable bonds is 3. The van der Waals surface area contributed by atoms with Crippen LogP contribution in [0.25, 0.3) is 0 Å². The highest BCUT2D eigenvalue weighted by Crippen LogP contribution is 2.10. The van der Waals surface area contributed by atoms with Gasteiger partial charge in [0.2, 0.25) is 0 Å². The molecule has 0 radical (unpaired) electrons. The van der Waals surface area contributed by atoms with Gasteiger partial charge >= 0.3 is 0 Å². The van der Waals surface area contributed by atoms with E-state index in [1.165, 1.54) is 6.07 Å². The molecule has 0 aliphatic rings. The van der Waals surface area contributed by atoms with E-state index >= 15 is 0 Å². The van der Waals surface area contributed by atoms with Gasteiger partial charge in [-0.1, -0.05) is 24.0 Å².